The highest BCUT2D eigenvalue weighted by molar-refractivity contribution is 6.04. The van der Waals surface area contributed by atoms with Crippen molar-refractivity contribution in [2.45, 2.75) is 13.3 Å². The lowest BCUT2D eigenvalue weighted by Gasteiger charge is -2.08. The molecule has 0 bridgehead atoms. The van der Waals surface area contributed by atoms with Gasteiger partial charge < -0.3 is 10.7 Å². The van der Waals surface area contributed by atoms with Crippen molar-refractivity contribution >= 4 is 17.4 Å². The van der Waals surface area contributed by atoms with Crippen LogP contribution < -0.4 is 16.6 Å². The molecule has 0 fully saturated rings. The number of nitrogens with zero attached hydrogens (tertiary/aromatic N) is 1. The number of aromatic nitrogens is 1. The zero-order chi connectivity index (χ0) is 13.7. The van der Waals surface area contributed by atoms with Crippen LogP contribution >= 0.6 is 0 Å². The van der Waals surface area contributed by atoms with E-state index >= 15 is 0 Å². The summed E-state index contributed by atoms with van der Waals surface area (Å²) in [6, 6.07) is 12.7. The highest BCUT2D eigenvalue weighted by atomic mass is 16.1. The lowest BCUT2D eigenvalue weighted by atomic mass is 10.1. The fraction of sp³-hybridized carbons (Fsp3) is 0.143. The molecule has 4 N–H and O–H groups in total. The van der Waals surface area contributed by atoms with Crippen LogP contribution in [0.15, 0.2) is 42.5 Å². The van der Waals surface area contributed by atoms with Gasteiger partial charge in [0.2, 0.25) is 0 Å². The molecule has 19 heavy (non-hydrogen) atoms. The molecule has 1 aromatic heterocycles. The van der Waals surface area contributed by atoms with Crippen LogP contribution in [0.1, 0.15) is 23.0 Å². The molecule has 0 saturated heterocycles. The highest BCUT2D eigenvalue weighted by Crippen LogP contribution is 2.13. The summed E-state index contributed by atoms with van der Waals surface area (Å²) in [6.45, 7) is 1.97. The topological polar surface area (TPSA) is 80.0 Å². The summed E-state index contributed by atoms with van der Waals surface area (Å²) in [6.07, 6.45) is 0.737. The van der Waals surface area contributed by atoms with E-state index in [1.807, 2.05) is 37.3 Å². The number of pyridine rings is 1. The number of carbonyl (C=O) groups excluding carboxylic acids is 1. The molecule has 0 aliphatic carbocycles. The Morgan fingerprint density at radius 1 is 1.26 bits per heavy atom. The third kappa shape index (κ3) is 3.29. The van der Waals surface area contributed by atoms with E-state index in [1.165, 1.54) is 0 Å². The highest BCUT2D eigenvalue weighted by Gasteiger charge is 2.09. The van der Waals surface area contributed by atoms with Gasteiger partial charge in [0.05, 0.1) is 0 Å². The molecular formula is C14H16N4O. The lowest BCUT2D eigenvalue weighted by Crippen LogP contribution is -2.15. The quantitative estimate of drug-likeness (QED) is 0.578. The number of para-hydroxylation sites is 1. The van der Waals surface area contributed by atoms with E-state index < -0.39 is 0 Å². The molecule has 1 aromatic carbocycles. The van der Waals surface area contributed by atoms with Crippen molar-refractivity contribution in [2.75, 3.05) is 10.7 Å². The number of hydrogen-bond acceptors (Lipinski definition) is 4. The van der Waals surface area contributed by atoms with Gasteiger partial charge in [0.25, 0.3) is 5.91 Å². The predicted octanol–water partition coefficient (Wildman–Crippen LogP) is 2.18. The third-order valence-corrected chi connectivity index (χ3v) is 2.68. The van der Waals surface area contributed by atoms with Crippen LogP contribution in [-0.2, 0) is 6.42 Å². The van der Waals surface area contributed by atoms with Crippen molar-refractivity contribution in [1.82, 2.24) is 4.98 Å². The van der Waals surface area contributed by atoms with Gasteiger partial charge in [-0.25, -0.2) is 10.8 Å². The van der Waals surface area contributed by atoms with Crippen molar-refractivity contribution in [1.29, 1.82) is 0 Å². The van der Waals surface area contributed by atoms with E-state index in [-0.39, 0.29) is 5.91 Å². The maximum Gasteiger partial charge on any atom is 0.255 e. The summed E-state index contributed by atoms with van der Waals surface area (Å²) < 4.78 is 0. The van der Waals surface area contributed by atoms with Crippen molar-refractivity contribution in [2.24, 2.45) is 5.84 Å². The van der Waals surface area contributed by atoms with Gasteiger partial charge in [-0.15, -0.1) is 0 Å². The first-order valence-electron chi connectivity index (χ1n) is 6.07. The zero-order valence-electron chi connectivity index (χ0n) is 10.7. The van der Waals surface area contributed by atoms with E-state index in [1.54, 1.807) is 12.1 Å². The molecule has 0 spiro atoms. The molecule has 2 aromatic rings. The molecule has 0 aliphatic heterocycles. The van der Waals surface area contributed by atoms with Gasteiger partial charge in [0.15, 0.2) is 0 Å². The summed E-state index contributed by atoms with van der Waals surface area (Å²) in [7, 11) is 0. The minimum atomic E-state index is -0.181. The molecule has 0 atom stereocenters. The summed E-state index contributed by atoms with van der Waals surface area (Å²) in [5.74, 6) is 5.65. The Bertz CT molecular complexity index is 547. The average Bonchev–Trinajstić information content (AvgIpc) is 2.47. The average molecular weight is 256 g/mol. The molecule has 5 nitrogen and oxygen atoms in total. The van der Waals surface area contributed by atoms with Crippen LogP contribution in [-0.4, -0.2) is 10.9 Å². The molecule has 1 amide bonds. The Hall–Kier alpha value is -2.40. The second-order valence-electron chi connectivity index (χ2n) is 4.05. The van der Waals surface area contributed by atoms with Crippen molar-refractivity contribution in [3.63, 3.8) is 0 Å². The maximum atomic E-state index is 12.1. The van der Waals surface area contributed by atoms with E-state index in [0.29, 0.717) is 11.4 Å². The van der Waals surface area contributed by atoms with E-state index in [9.17, 15) is 4.79 Å². The number of hydrazine groups is 1. The van der Waals surface area contributed by atoms with Crippen molar-refractivity contribution in [3.8, 4) is 0 Å². The molecule has 0 radical (unpaired) electrons. The maximum absolute atomic E-state index is 12.1. The third-order valence-electron chi connectivity index (χ3n) is 2.68. The van der Waals surface area contributed by atoms with Crippen molar-refractivity contribution in [3.05, 3.63) is 53.7 Å². The number of amides is 1. The van der Waals surface area contributed by atoms with Gasteiger partial charge in [0.1, 0.15) is 5.82 Å². The first-order chi connectivity index (χ1) is 9.22. The zero-order valence-corrected chi connectivity index (χ0v) is 10.7. The van der Waals surface area contributed by atoms with E-state index in [0.717, 1.165) is 17.8 Å². The monoisotopic (exact) mass is 256 g/mol. The van der Waals surface area contributed by atoms with E-state index in [2.05, 4.69) is 15.7 Å². The Morgan fingerprint density at radius 2 is 2.00 bits per heavy atom. The van der Waals surface area contributed by atoms with Gasteiger partial charge in [0, 0.05) is 16.9 Å². The first kappa shape index (κ1) is 13.0. The Labute approximate surface area is 111 Å². The molecule has 5 heteroatoms. The Morgan fingerprint density at radius 3 is 2.63 bits per heavy atom. The predicted molar refractivity (Wildman–Crippen MR) is 75.8 cm³/mol. The SMILES string of the molecule is CCc1cc(C(=O)Nc2ccccc2)cc(NN)n1. The number of aryl methyl sites for hydroxylation is 1. The fourth-order valence-electron chi connectivity index (χ4n) is 1.70. The normalized spacial score (nSPS) is 10.0. The number of nitrogens with one attached hydrogen (secondary N) is 2. The van der Waals surface area contributed by atoms with Crippen LogP contribution in [0.5, 0.6) is 0 Å². The number of nitrogens with two attached hydrogens (primary N) is 1. The number of rotatable bonds is 4. The number of hydrogen-bond donors (Lipinski definition) is 3. The number of carbonyl (C=O) groups is 1. The Kier molecular flexibility index (Phi) is 4.10. The Balaban J connectivity index is 2.23. The van der Waals surface area contributed by atoms with E-state index in [4.69, 9.17) is 5.84 Å². The number of anilines is 2. The van der Waals surface area contributed by atoms with Crippen LogP contribution in [0, 0.1) is 0 Å². The molecule has 2 rings (SSSR count). The van der Waals surface area contributed by atoms with Crippen LogP contribution in [0.4, 0.5) is 11.5 Å². The molecule has 98 valence electrons. The standard InChI is InChI=1S/C14H16N4O/c1-2-11-8-10(9-13(16-11)18-15)14(19)17-12-6-4-3-5-7-12/h3-9H,2,15H2,1H3,(H,16,18)(H,17,19). The van der Waals surface area contributed by atoms with Gasteiger partial charge in [-0.2, -0.15) is 0 Å². The number of nitrogen functional groups attached to an aromatic ring is 1. The van der Waals surface area contributed by atoms with Gasteiger partial charge >= 0.3 is 0 Å². The van der Waals surface area contributed by atoms with Crippen LogP contribution in [0.2, 0.25) is 0 Å². The first-order valence-corrected chi connectivity index (χ1v) is 6.07. The minimum absolute atomic E-state index is 0.181. The molecule has 0 aliphatic rings. The van der Waals surface area contributed by atoms with Gasteiger partial charge in [-0.3, -0.25) is 4.79 Å². The van der Waals surface area contributed by atoms with Crippen LogP contribution in [0.25, 0.3) is 0 Å². The minimum Gasteiger partial charge on any atom is -0.322 e. The summed E-state index contributed by atoms with van der Waals surface area (Å²) in [4.78, 5) is 16.4. The second kappa shape index (κ2) is 5.97. The molecule has 0 unspecified atom stereocenters. The van der Waals surface area contributed by atoms with Gasteiger partial charge in [-0.1, -0.05) is 25.1 Å². The molecular weight excluding hydrogens is 240 g/mol. The molecule has 1 heterocycles. The smallest absolute Gasteiger partial charge is 0.255 e. The summed E-state index contributed by atoms with van der Waals surface area (Å²) in [5.41, 5.74) is 4.57. The number of benzene rings is 1. The van der Waals surface area contributed by atoms with Crippen LogP contribution in [0.3, 0.4) is 0 Å². The largest absolute Gasteiger partial charge is 0.322 e. The van der Waals surface area contributed by atoms with Crippen molar-refractivity contribution < 1.29 is 4.79 Å². The lowest BCUT2D eigenvalue weighted by molar-refractivity contribution is 0.102. The summed E-state index contributed by atoms with van der Waals surface area (Å²) >= 11 is 0. The second-order valence-corrected chi connectivity index (χ2v) is 4.05. The van der Waals surface area contributed by atoms with Gasteiger partial charge in [-0.05, 0) is 30.7 Å². The fourth-order valence-corrected chi connectivity index (χ4v) is 1.70. The summed E-state index contributed by atoms with van der Waals surface area (Å²) in [5, 5.41) is 2.83. The molecule has 0 saturated carbocycles.